The highest BCUT2D eigenvalue weighted by Gasteiger charge is 2.30. The van der Waals surface area contributed by atoms with Crippen molar-refractivity contribution in [1.82, 2.24) is 15.3 Å². The Morgan fingerprint density at radius 3 is 2.21 bits per heavy atom. The van der Waals surface area contributed by atoms with Crippen LogP contribution in [0.1, 0.15) is 17.0 Å². The molecule has 0 atom stereocenters. The molecule has 0 aliphatic carbocycles. The molecule has 0 spiro atoms. The Morgan fingerprint density at radius 2 is 1.68 bits per heavy atom. The van der Waals surface area contributed by atoms with Gasteiger partial charge in [0.1, 0.15) is 0 Å². The van der Waals surface area contributed by atoms with Crippen LogP contribution in [0.4, 0.5) is 13.2 Å². The maximum atomic E-state index is 12.3. The van der Waals surface area contributed by atoms with Crippen LogP contribution < -0.4 is 5.32 Å². The quantitative estimate of drug-likeness (QED) is 0.925. The van der Waals surface area contributed by atoms with Crippen molar-refractivity contribution >= 4 is 0 Å². The summed E-state index contributed by atoms with van der Waals surface area (Å²) in [6, 6.07) is 7.97. The normalized spacial score (nSPS) is 11.5. The van der Waals surface area contributed by atoms with Gasteiger partial charge in [-0.15, -0.1) is 0 Å². The van der Waals surface area contributed by atoms with Gasteiger partial charge in [-0.05, 0) is 24.3 Å². The van der Waals surface area contributed by atoms with Gasteiger partial charge in [-0.3, -0.25) is 9.97 Å². The summed E-state index contributed by atoms with van der Waals surface area (Å²) in [5.41, 5.74) is 0.694. The van der Waals surface area contributed by atoms with Crippen molar-refractivity contribution in [2.24, 2.45) is 0 Å². The molecule has 0 fully saturated rings. The fraction of sp³-hybridized carbons (Fsp3) is 0.231. The molecular weight excluding hydrogens is 255 g/mol. The maximum Gasteiger partial charge on any atom is 0.417 e. The minimum atomic E-state index is -4.34. The Kier molecular flexibility index (Phi) is 4.11. The van der Waals surface area contributed by atoms with E-state index in [0.29, 0.717) is 18.8 Å². The first-order chi connectivity index (χ1) is 9.05. The van der Waals surface area contributed by atoms with Gasteiger partial charge in [-0.2, -0.15) is 13.2 Å². The zero-order valence-corrected chi connectivity index (χ0v) is 9.98. The zero-order valence-electron chi connectivity index (χ0n) is 9.98. The van der Waals surface area contributed by atoms with Crippen LogP contribution in [-0.4, -0.2) is 9.97 Å². The standard InChI is InChI=1S/C13H12F3N3/c14-13(15,16)10-4-5-12(19-7-10)9-17-8-11-3-1-2-6-18-11/h1-7,17H,8-9H2. The molecule has 0 radical (unpaired) electrons. The molecule has 100 valence electrons. The van der Waals surface area contributed by atoms with E-state index < -0.39 is 11.7 Å². The average molecular weight is 267 g/mol. The van der Waals surface area contributed by atoms with Crippen LogP contribution in [0.25, 0.3) is 0 Å². The van der Waals surface area contributed by atoms with Gasteiger partial charge in [0, 0.05) is 25.5 Å². The number of aromatic nitrogens is 2. The van der Waals surface area contributed by atoms with E-state index in [1.807, 2.05) is 18.2 Å². The van der Waals surface area contributed by atoms with Crippen LogP contribution in [0.5, 0.6) is 0 Å². The molecule has 1 N–H and O–H groups in total. The minimum Gasteiger partial charge on any atom is -0.306 e. The Labute approximate surface area is 108 Å². The maximum absolute atomic E-state index is 12.3. The van der Waals surface area contributed by atoms with E-state index in [0.717, 1.165) is 18.0 Å². The van der Waals surface area contributed by atoms with E-state index in [1.54, 1.807) is 6.20 Å². The largest absolute Gasteiger partial charge is 0.417 e. The molecule has 2 aromatic heterocycles. The van der Waals surface area contributed by atoms with Crippen LogP contribution >= 0.6 is 0 Å². The molecule has 6 heteroatoms. The van der Waals surface area contributed by atoms with Crippen LogP contribution in [0.3, 0.4) is 0 Å². The Hall–Kier alpha value is -1.95. The molecule has 19 heavy (non-hydrogen) atoms. The SMILES string of the molecule is FC(F)(F)c1ccc(CNCc2ccccn2)nc1. The van der Waals surface area contributed by atoms with Crippen LogP contribution in [-0.2, 0) is 19.3 Å². The van der Waals surface area contributed by atoms with Crippen molar-refractivity contribution < 1.29 is 13.2 Å². The van der Waals surface area contributed by atoms with E-state index in [2.05, 4.69) is 15.3 Å². The van der Waals surface area contributed by atoms with Gasteiger partial charge in [0.15, 0.2) is 0 Å². The zero-order chi connectivity index (χ0) is 13.7. The molecular formula is C13H12F3N3. The molecule has 0 unspecified atom stereocenters. The molecule has 0 saturated heterocycles. The lowest BCUT2D eigenvalue weighted by Crippen LogP contribution is -2.15. The molecule has 2 aromatic rings. The van der Waals surface area contributed by atoms with Crippen molar-refractivity contribution in [3.63, 3.8) is 0 Å². The first kappa shape index (κ1) is 13.5. The predicted molar refractivity (Wildman–Crippen MR) is 64.0 cm³/mol. The van der Waals surface area contributed by atoms with Crippen molar-refractivity contribution in [2.75, 3.05) is 0 Å². The lowest BCUT2D eigenvalue weighted by molar-refractivity contribution is -0.137. The van der Waals surface area contributed by atoms with Crippen molar-refractivity contribution in [3.05, 3.63) is 59.7 Å². The summed E-state index contributed by atoms with van der Waals surface area (Å²) in [6.45, 7) is 0.943. The van der Waals surface area contributed by atoms with E-state index >= 15 is 0 Å². The van der Waals surface area contributed by atoms with Gasteiger partial charge < -0.3 is 5.32 Å². The fourth-order valence-electron chi connectivity index (χ4n) is 1.52. The molecule has 2 rings (SSSR count). The summed E-state index contributed by atoms with van der Waals surface area (Å²) in [6.07, 6.45) is -1.81. The van der Waals surface area contributed by atoms with Crippen molar-refractivity contribution in [1.29, 1.82) is 0 Å². The van der Waals surface area contributed by atoms with E-state index in [-0.39, 0.29) is 0 Å². The van der Waals surface area contributed by atoms with Gasteiger partial charge in [-0.25, -0.2) is 0 Å². The van der Waals surface area contributed by atoms with E-state index in [4.69, 9.17) is 0 Å². The Bertz CT molecular complexity index is 509. The van der Waals surface area contributed by atoms with Gasteiger partial charge in [0.2, 0.25) is 0 Å². The smallest absolute Gasteiger partial charge is 0.306 e. The number of nitrogens with zero attached hydrogens (tertiary/aromatic N) is 2. The predicted octanol–water partition coefficient (Wildman–Crippen LogP) is 2.79. The second-order valence-corrected chi connectivity index (χ2v) is 3.96. The second kappa shape index (κ2) is 5.79. The summed E-state index contributed by atoms with van der Waals surface area (Å²) < 4.78 is 37.0. The molecule has 3 nitrogen and oxygen atoms in total. The van der Waals surface area contributed by atoms with Crippen LogP contribution in [0.15, 0.2) is 42.7 Å². The lowest BCUT2D eigenvalue weighted by atomic mass is 10.2. The molecule has 0 bridgehead atoms. The first-order valence-corrected chi connectivity index (χ1v) is 5.68. The molecule has 2 heterocycles. The molecule has 0 amide bonds. The summed E-state index contributed by atoms with van der Waals surface area (Å²) >= 11 is 0. The van der Waals surface area contributed by atoms with Crippen molar-refractivity contribution in [2.45, 2.75) is 19.3 Å². The van der Waals surface area contributed by atoms with Crippen molar-refractivity contribution in [3.8, 4) is 0 Å². The topological polar surface area (TPSA) is 37.8 Å². The number of alkyl halides is 3. The third kappa shape index (κ3) is 4.03. The monoisotopic (exact) mass is 267 g/mol. The minimum absolute atomic E-state index is 0.398. The molecule has 0 aliphatic rings. The molecule has 0 saturated carbocycles. The lowest BCUT2D eigenvalue weighted by Gasteiger charge is -2.07. The highest BCUT2D eigenvalue weighted by atomic mass is 19.4. The number of hydrogen-bond donors (Lipinski definition) is 1. The fourth-order valence-corrected chi connectivity index (χ4v) is 1.52. The van der Waals surface area contributed by atoms with E-state index in [9.17, 15) is 13.2 Å². The summed E-state index contributed by atoms with van der Waals surface area (Å²) in [5.74, 6) is 0. The van der Waals surface area contributed by atoms with Gasteiger partial charge >= 0.3 is 6.18 Å². The Balaban J connectivity index is 1.87. The number of pyridine rings is 2. The average Bonchev–Trinajstić information content (AvgIpc) is 2.39. The Morgan fingerprint density at radius 1 is 0.947 bits per heavy atom. The van der Waals surface area contributed by atoms with E-state index in [1.165, 1.54) is 6.07 Å². The summed E-state index contributed by atoms with van der Waals surface area (Å²) in [7, 11) is 0. The number of rotatable bonds is 4. The number of nitrogens with one attached hydrogen (secondary N) is 1. The summed E-state index contributed by atoms with van der Waals surface area (Å²) in [5, 5.41) is 3.07. The highest BCUT2D eigenvalue weighted by molar-refractivity contribution is 5.17. The van der Waals surface area contributed by atoms with Gasteiger partial charge in [0.05, 0.1) is 17.0 Å². The summed E-state index contributed by atoms with van der Waals surface area (Å²) in [4.78, 5) is 7.90. The number of hydrogen-bond acceptors (Lipinski definition) is 3. The third-order valence-electron chi connectivity index (χ3n) is 2.49. The second-order valence-electron chi connectivity index (χ2n) is 3.96. The van der Waals surface area contributed by atoms with Gasteiger partial charge in [0.25, 0.3) is 0 Å². The third-order valence-corrected chi connectivity index (χ3v) is 2.49. The molecule has 0 aliphatic heterocycles. The molecule has 0 aromatic carbocycles. The first-order valence-electron chi connectivity index (χ1n) is 5.68. The van der Waals surface area contributed by atoms with Crippen LogP contribution in [0, 0.1) is 0 Å². The number of halogens is 3. The van der Waals surface area contributed by atoms with Crippen LogP contribution in [0.2, 0.25) is 0 Å². The highest BCUT2D eigenvalue weighted by Crippen LogP contribution is 2.28. The van der Waals surface area contributed by atoms with Gasteiger partial charge in [-0.1, -0.05) is 6.07 Å².